The summed E-state index contributed by atoms with van der Waals surface area (Å²) >= 11 is 0. The average molecular weight is 336 g/mol. The maximum absolute atomic E-state index is 13.9. The molecule has 0 unspecified atom stereocenters. The van der Waals surface area contributed by atoms with Crippen molar-refractivity contribution in [3.05, 3.63) is 29.6 Å². The number of nitriles is 1. The van der Waals surface area contributed by atoms with Crippen molar-refractivity contribution in [2.45, 2.75) is 52.7 Å². The summed E-state index contributed by atoms with van der Waals surface area (Å²) in [7, 11) is 0. The summed E-state index contributed by atoms with van der Waals surface area (Å²) in [5.41, 5.74) is -2.47. The van der Waals surface area contributed by atoms with E-state index in [9.17, 15) is 14.0 Å². The van der Waals surface area contributed by atoms with Crippen LogP contribution in [0.3, 0.4) is 0 Å². The number of amides is 2. The highest BCUT2D eigenvalue weighted by Crippen LogP contribution is 2.26. The van der Waals surface area contributed by atoms with Gasteiger partial charge in [-0.1, -0.05) is 6.07 Å². The largest absolute Gasteiger partial charge is 0.443 e. The summed E-state index contributed by atoms with van der Waals surface area (Å²) in [5.74, 6) is -0.855. The first-order valence-corrected chi connectivity index (χ1v) is 7.30. The lowest BCUT2D eigenvalue weighted by Crippen LogP contribution is -2.44. The van der Waals surface area contributed by atoms with Crippen LogP contribution < -0.4 is 4.90 Å². The highest BCUT2D eigenvalue weighted by atomic mass is 19.1. The molecule has 130 valence electrons. The van der Waals surface area contributed by atoms with Crippen molar-refractivity contribution in [1.29, 1.82) is 5.26 Å². The Kier molecular flexibility index (Phi) is 5.56. The molecule has 0 spiro atoms. The number of nitrogens with zero attached hydrogens (tertiary/aromatic N) is 2. The van der Waals surface area contributed by atoms with E-state index < -0.39 is 34.8 Å². The first kappa shape index (κ1) is 19.4. The Bertz CT molecular complexity index is 653. The average Bonchev–Trinajstić information content (AvgIpc) is 2.34. The third-order valence-corrected chi connectivity index (χ3v) is 2.50. The zero-order valence-corrected chi connectivity index (χ0v) is 14.6. The molecular weight excluding hydrogens is 315 g/mol. The lowest BCUT2D eigenvalue weighted by molar-refractivity contribution is 0.0430. The second-order valence-electron chi connectivity index (χ2n) is 7.04. The summed E-state index contributed by atoms with van der Waals surface area (Å²) in [6, 6.07) is 5.27. The molecule has 1 aromatic carbocycles. The van der Waals surface area contributed by atoms with Crippen molar-refractivity contribution in [2.24, 2.45) is 0 Å². The Labute approximate surface area is 140 Å². The molecule has 1 rings (SSSR count). The number of carbonyl (C=O) groups excluding carboxylic acids is 2. The van der Waals surface area contributed by atoms with Crippen molar-refractivity contribution >= 4 is 17.9 Å². The van der Waals surface area contributed by atoms with Gasteiger partial charge in [-0.05, 0) is 53.7 Å². The molecule has 2 amide bonds. The Morgan fingerprint density at radius 1 is 1.04 bits per heavy atom. The Morgan fingerprint density at radius 2 is 1.50 bits per heavy atom. The van der Waals surface area contributed by atoms with Gasteiger partial charge in [0.15, 0.2) is 0 Å². The van der Waals surface area contributed by atoms with Gasteiger partial charge in [-0.15, -0.1) is 0 Å². The van der Waals surface area contributed by atoms with E-state index in [1.54, 1.807) is 47.6 Å². The van der Waals surface area contributed by atoms with Gasteiger partial charge >= 0.3 is 12.2 Å². The van der Waals surface area contributed by atoms with Crippen LogP contribution in [0.1, 0.15) is 47.1 Å². The van der Waals surface area contributed by atoms with Crippen molar-refractivity contribution in [1.82, 2.24) is 0 Å². The first-order chi connectivity index (χ1) is 10.9. The second-order valence-corrected chi connectivity index (χ2v) is 7.04. The van der Waals surface area contributed by atoms with Crippen LogP contribution in [0.5, 0.6) is 0 Å². The van der Waals surface area contributed by atoms with E-state index in [2.05, 4.69) is 0 Å². The molecule has 24 heavy (non-hydrogen) atoms. The van der Waals surface area contributed by atoms with E-state index in [0.29, 0.717) is 4.90 Å². The standard InChI is InChI=1S/C17H21FN2O4/c1-16(2,3)23-14(21)20(15(22)24-17(4,5)6)13-9-7-8-12(18)11(13)10-19/h7-9H,1-6H3. The minimum Gasteiger partial charge on any atom is -0.443 e. The van der Waals surface area contributed by atoms with Crippen LogP contribution >= 0.6 is 0 Å². The predicted molar refractivity (Wildman–Crippen MR) is 86.1 cm³/mol. The number of hydrogen-bond acceptors (Lipinski definition) is 5. The van der Waals surface area contributed by atoms with E-state index in [1.807, 2.05) is 0 Å². The number of halogens is 1. The van der Waals surface area contributed by atoms with Gasteiger partial charge in [0.2, 0.25) is 0 Å². The summed E-state index contributed by atoms with van der Waals surface area (Å²) in [6.07, 6.45) is -2.11. The number of imide groups is 1. The molecule has 7 heteroatoms. The van der Waals surface area contributed by atoms with Gasteiger partial charge in [-0.2, -0.15) is 10.2 Å². The fraction of sp³-hybridized carbons (Fsp3) is 0.471. The molecule has 0 aliphatic rings. The number of benzene rings is 1. The first-order valence-electron chi connectivity index (χ1n) is 7.30. The zero-order valence-electron chi connectivity index (χ0n) is 14.6. The van der Waals surface area contributed by atoms with Crippen LogP contribution in [0.4, 0.5) is 19.7 Å². The minimum absolute atomic E-state index is 0.235. The zero-order chi connectivity index (χ0) is 18.7. The third-order valence-electron chi connectivity index (χ3n) is 2.50. The van der Waals surface area contributed by atoms with Crippen LogP contribution in [0.15, 0.2) is 18.2 Å². The fourth-order valence-corrected chi connectivity index (χ4v) is 1.70. The fourth-order valence-electron chi connectivity index (χ4n) is 1.70. The summed E-state index contributed by atoms with van der Waals surface area (Å²) in [6.45, 7) is 9.72. The lowest BCUT2D eigenvalue weighted by atomic mass is 10.1. The molecule has 0 bridgehead atoms. The molecule has 0 aliphatic heterocycles. The topological polar surface area (TPSA) is 79.6 Å². The minimum atomic E-state index is -1.06. The normalized spacial score (nSPS) is 11.4. The molecule has 0 saturated carbocycles. The number of rotatable bonds is 1. The van der Waals surface area contributed by atoms with E-state index >= 15 is 0 Å². The molecule has 0 saturated heterocycles. The van der Waals surface area contributed by atoms with Gasteiger partial charge in [-0.3, -0.25) is 0 Å². The Balaban J connectivity index is 3.40. The van der Waals surface area contributed by atoms with E-state index in [1.165, 1.54) is 12.1 Å². The maximum Gasteiger partial charge on any atom is 0.424 e. The smallest absolute Gasteiger partial charge is 0.424 e. The monoisotopic (exact) mass is 336 g/mol. The predicted octanol–water partition coefficient (Wildman–Crippen LogP) is 4.37. The van der Waals surface area contributed by atoms with Gasteiger partial charge in [0.05, 0.1) is 5.69 Å². The van der Waals surface area contributed by atoms with Crippen LogP contribution in [0.2, 0.25) is 0 Å². The van der Waals surface area contributed by atoms with Crippen LogP contribution in [0, 0.1) is 17.1 Å². The molecule has 0 N–H and O–H groups in total. The molecule has 0 atom stereocenters. The molecular formula is C17H21FN2O4. The molecule has 6 nitrogen and oxygen atoms in total. The molecule has 0 radical (unpaired) electrons. The van der Waals surface area contributed by atoms with Crippen molar-refractivity contribution < 1.29 is 23.5 Å². The van der Waals surface area contributed by atoms with Gasteiger partial charge in [-0.25, -0.2) is 14.0 Å². The lowest BCUT2D eigenvalue weighted by Gasteiger charge is -2.29. The summed E-state index contributed by atoms with van der Waals surface area (Å²) < 4.78 is 24.2. The van der Waals surface area contributed by atoms with Crippen molar-refractivity contribution in [3.8, 4) is 6.07 Å². The number of carbonyl (C=O) groups is 2. The molecule has 0 aromatic heterocycles. The van der Waals surface area contributed by atoms with Gasteiger partial charge in [0.1, 0.15) is 28.7 Å². The van der Waals surface area contributed by atoms with Crippen LogP contribution in [0.25, 0.3) is 0 Å². The number of anilines is 1. The Hall–Kier alpha value is -2.62. The molecule has 1 aromatic rings. The molecule has 0 aliphatic carbocycles. The summed E-state index contributed by atoms with van der Waals surface area (Å²) in [5, 5.41) is 9.16. The van der Waals surface area contributed by atoms with Gasteiger partial charge in [0.25, 0.3) is 0 Å². The SMILES string of the molecule is CC(C)(C)OC(=O)N(C(=O)OC(C)(C)C)c1cccc(F)c1C#N. The van der Waals surface area contributed by atoms with Crippen LogP contribution in [-0.4, -0.2) is 23.4 Å². The third kappa shape index (κ3) is 5.23. The maximum atomic E-state index is 13.9. The van der Waals surface area contributed by atoms with Crippen molar-refractivity contribution in [3.63, 3.8) is 0 Å². The molecule has 0 heterocycles. The van der Waals surface area contributed by atoms with Gasteiger partial charge in [0, 0.05) is 0 Å². The number of ether oxygens (including phenoxy) is 2. The Morgan fingerprint density at radius 3 is 1.88 bits per heavy atom. The van der Waals surface area contributed by atoms with E-state index in [4.69, 9.17) is 14.7 Å². The van der Waals surface area contributed by atoms with E-state index in [0.717, 1.165) is 6.07 Å². The highest BCUT2D eigenvalue weighted by molar-refractivity contribution is 6.10. The van der Waals surface area contributed by atoms with Gasteiger partial charge < -0.3 is 9.47 Å². The second kappa shape index (κ2) is 6.87. The quantitative estimate of drug-likeness (QED) is 0.760. The van der Waals surface area contributed by atoms with E-state index in [-0.39, 0.29) is 5.69 Å². The van der Waals surface area contributed by atoms with Crippen molar-refractivity contribution in [2.75, 3.05) is 4.90 Å². The molecule has 0 fully saturated rings. The number of hydrogen-bond donors (Lipinski definition) is 0. The summed E-state index contributed by atoms with van der Waals surface area (Å²) in [4.78, 5) is 25.4. The van der Waals surface area contributed by atoms with Crippen LogP contribution in [-0.2, 0) is 9.47 Å². The highest BCUT2D eigenvalue weighted by Gasteiger charge is 2.34.